The molecule has 2 aromatic rings. The molecule has 1 aliphatic rings. The van der Waals surface area contributed by atoms with E-state index in [2.05, 4.69) is 0 Å². The molecule has 0 radical (unpaired) electrons. The highest BCUT2D eigenvalue weighted by atomic mass is 35.5. The second-order valence-corrected chi connectivity index (χ2v) is 8.24. The topological polar surface area (TPSA) is 81.5 Å². The molecule has 0 unspecified atom stereocenters. The van der Waals surface area contributed by atoms with Crippen molar-refractivity contribution in [2.24, 2.45) is 0 Å². The predicted octanol–water partition coefficient (Wildman–Crippen LogP) is 2.50. The number of carbonyl (C=O) groups excluding carboxylic acids is 1. The fraction of sp³-hybridized carbons (Fsp3) is 0.222. The zero-order chi connectivity index (χ0) is 19.6. The van der Waals surface area contributed by atoms with Crippen LogP contribution < -0.4 is 0 Å². The third-order valence-corrected chi connectivity index (χ3v) is 6.58. The number of nitrogens with zero attached hydrogens (tertiary/aromatic N) is 3. The minimum atomic E-state index is -3.84. The third kappa shape index (κ3) is 3.81. The largest absolute Gasteiger partial charge is 0.336 e. The van der Waals surface area contributed by atoms with Crippen LogP contribution in [0.3, 0.4) is 0 Å². The van der Waals surface area contributed by atoms with E-state index in [0.717, 1.165) is 12.1 Å². The summed E-state index contributed by atoms with van der Waals surface area (Å²) in [6.07, 6.45) is 0. The van der Waals surface area contributed by atoms with E-state index in [1.54, 1.807) is 12.1 Å². The van der Waals surface area contributed by atoms with Crippen molar-refractivity contribution in [1.82, 2.24) is 9.21 Å². The predicted molar refractivity (Wildman–Crippen MR) is 97.2 cm³/mol. The molecule has 3 rings (SSSR count). The van der Waals surface area contributed by atoms with Crippen molar-refractivity contribution in [2.45, 2.75) is 4.90 Å². The maximum Gasteiger partial charge on any atom is 0.255 e. The molecule has 1 aliphatic heterocycles. The summed E-state index contributed by atoms with van der Waals surface area (Å²) < 4.78 is 40.0. The van der Waals surface area contributed by atoms with Gasteiger partial charge in [-0.25, -0.2) is 12.8 Å². The molecule has 0 aliphatic carbocycles. The van der Waals surface area contributed by atoms with E-state index in [0.29, 0.717) is 0 Å². The van der Waals surface area contributed by atoms with Crippen molar-refractivity contribution < 1.29 is 17.6 Å². The molecule has 1 saturated heterocycles. The van der Waals surface area contributed by atoms with E-state index < -0.39 is 15.8 Å². The minimum absolute atomic E-state index is 0.0120. The average Bonchev–Trinajstić information content (AvgIpc) is 2.67. The van der Waals surface area contributed by atoms with Gasteiger partial charge in [-0.05, 0) is 30.3 Å². The lowest BCUT2D eigenvalue weighted by atomic mass is 10.2. The Kier molecular flexibility index (Phi) is 5.46. The quantitative estimate of drug-likeness (QED) is 0.782. The Balaban J connectivity index is 1.75. The highest BCUT2D eigenvalue weighted by Crippen LogP contribution is 2.23. The molecular formula is C18H15ClFN3O3S. The van der Waals surface area contributed by atoms with Crippen LogP contribution in [-0.4, -0.2) is 49.7 Å². The van der Waals surface area contributed by atoms with Crippen LogP contribution in [0.2, 0.25) is 5.02 Å². The number of halogens is 2. The van der Waals surface area contributed by atoms with Gasteiger partial charge in [0, 0.05) is 26.2 Å². The van der Waals surface area contributed by atoms with Gasteiger partial charge in [-0.3, -0.25) is 4.79 Å². The van der Waals surface area contributed by atoms with E-state index in [4.69, 9.17) is 16.9 Å². The second kappa shape index (κ2) is 7.64. The van der Waals surface area contributed by atoms with Gasteiger partial charge >= 0.3 is 0 Å². The zero-order valence-corrected chi connectivity index (χ0v) is 15.7. The molecule has 27 heavy (non-hydrogen) atoms. The van der Waals surface area contributed by atoms with Gasteiger partial charge in [-0.2, -0.15) is 9.57 Å². The van der Waals surface area contributed by atoms with Crippen molar-refractivity contribution in [2.75, 3.05) is 26.2 Å². The molecule has 1 fully saturated rings. The summed E-state index contributed by atoms with van der Waals surface area (Å²) >= 11 is 5.93. The number of hydrogen-bond donors (Lipinski definition) is 0. The molecule has 6 nitrogen and oxygen atoms in total. The Morgan fingerprint density at radius 3 is 2.41 bits per heavy atom. The van der Waals surface area contributed by atoms with Gasteiger partial charge in [-0.15, -0.1) is 0 Å². The zero-order valence-electron chi connectivity index (χ0n) is 14.1. The van der Waals surface area contributed by atoms with Gasteiger partial charge in [-0.1, -0.05) is 23.7 Å². The van der Waals surface area contributed by atoms with E-state index in [9.17, 15) is 17.6 Å². The molecule has 1 heterocycles. The van der Waals surface area contributed by atoms with E-state index in [-0.39, 0.29) is 53.1 Å². The molecular weight excluding hydrogens is 393 g/mol. The molecule has 0 N–H and O–H groups in total. The molecule has 9 heteroatoms. The van der Waals surface area contributed by atoms with Crippen LogP contribution in [0.1, 0.15) is 15.9 Å². The number of amides is 1. The number of rotatable bonds is 3. The second-order valence-electron chi connectivity index (χ2n) is 5.93. The summed E-state index contributed by atoms with van der Waals surface area (Å²) in [4.78, 5) is 14.0. The SMILES string of the molecule is N#Cc1ccccc1S(=O)(=O)N1CCN(C(=O)c2ccc(F)cc2Cl)CC1. The van der Waals surface area contributed by atoms with E-state index in [1.165, 1.54) is 27.4 Å². The molecule has 0 spiro atoms. The highest BCUT2D eigenvalue weighted by Gasteiger charge is 2.32. The first-order chi connectivity index (χ1) is 12.8. The summed E-state index contributed by atoms with van der Waals surface area (Å²) in [5.41, 5.74) is 0.248. The first-order valence-corrected chi connectivity index (χ1v) is 9.90. The van der Waals surface area contributed by atoms with Gasteiger partial charge in [0.15, 0.2) is 0 Å². The van der Waals surface area contributed by atoms with E-state index in [1.807, 2.05) is 6.07 Å². The van der Waals surface area contributed by atoms with Crippen LogP contribution in [0.25, 0.3) is 0 Å². The fourth-order valence-electron chi connectivity index (χ4n) is 2.89. The number of hydrogen-bond acceptors (Lipinski definition) is 4. The first-order valence-electron chi connectivity index (χ1n) is 8.08. The van der Waals surface area contributed by atoms with E-state index >= 15 is 0 Å². The molecule has 2 aromatic carbocycles. The van der Waals surface area contributed by atoms with Crippen molar-refractivity contribution in [1.29, 1.82) is 5.26 Å². The van der Waals surface area contributed by atoms with Crippen LogP contribution in [0.15, 0.2) is 47.4 Å². The maximum absolute atomic E-state index is 13.2. The highest BCUT2D eigenvalue weighted by molar-refractivity contribution is 7.89. The molecule has 140 valence electrons. The Hall–Kier alpha value is -2.47. The lowest BCUT2D eigenvalue weighted by Crippen LogP contribution is -2.50. The Morgan fingerprint density at radius 1 is 1.11 bits per heavy atom. The Bertz CT molecular complexity index is 1030. The number of nitriles is 1. The molecule has 0 bridgehead atoms. The van der Waals surface area contributed by atoms with Crippen molar-refractivity contribution in [3.8, 4) is 6.07 Å². The van der Waals surface area contributed by atoms with Crippen LogP contribution in [0, 0.1) is 17.1 Å². The van der Waals surface area contributed by atoms with Gasteiger partial charge in [0.25, 0.3) is 5.91 Å². The van der Waals surface area contributed by atoms with Gasteiger partial charge in [0.05, 0.1) is 21.0 Å². The Morgan fingerprint density at radius 2 is 1.78 bits per heavy atom. The summed E-state index contributed by atoms with van der Waals surface area (Å²) in [5, 5.41) is 9.15. The summed E-state index contributed by atoms with van der Waals surface area (Å²) in [7, 11) is -3.84. The Labute approximate surface area is 161 Å². The van der Waals surface area contributed by atoms with Crippen LogP contribution in [-0.2, 0) is 10.0 Å². The molecule has 0 atom stereocenters. The normalized spacial score (nSPS) is 15.4. The standard InChI is InChI=1S/C18H15ClFN3O3S/c19-16-11-14(20)5-6-15(16)18(24)22-7-9-23(10-8-22)27(25,26)17-4-2-1-3-13(17)12-21/h1-6,11H,7-10H2. The van der Waals surface area contributed by atoms with Gasteiger partial charge in [0.2, 0.25) is 10.0 Å². The fourth-order valence-corrected chi connectivity index (χ4v) is 4.70. The summed E-state index contributed by atoms with van der Waals surface area (Å²) in [6.45, 7) is 0.514. The monoisotopic (exact) mass is 407 g/mol. The third-order valence-electron chi connectivity index (χ3n) is 4.31. The number of piperazine rings is 1. The molecule has 1 amide bonds. The maximum atomic E-state index is 13.2. The molecule has 0 aromatic heterocycles. The lowest BCUT2D eigenvalue weighted by molar-refractivity contribution is 0.0698. The molecule has 0 saturated carbocycles. The minimum Gasteiger partial charge on any atom is -0.336 e. The van der Waals surface area contributed by atoms with Crippen molar-refractivity contribution in [3.63, 3.8) is 0 Å². The van der Waals surface area contributed by atoms with Crippen molar-refractivity contribution >= 4 is 27.5 Å². The van der Waals surface area contributed by atoms with Gasteiger partial charge in [0.1, 0.15) is 11.9 Å². The number of sulfonamides is 1. The smallest absolute Gasteiger partial charge is 0.255 e. The summed E-state index contributed by atoms with van der Waals surface area (Å²) in [6, 6.07) is 11.4. The van der Waals surface area contributed by atoms with Crippen LogP contribution >= 0.6 is 11.6 Å². The van der Waals surface area contributed by atoms with Crippen molar-refractivity contribution in [3.05, 3.63) is 64.4 Å². The first kappa shape index (κ1) is 19.3. The van der Waals surface area contributed by atoms with Crippen LogP contribution in [0.4, 0.5) is 4.39 Å². The lowest BCUT2D eigenvalue weighted by Gasteiger charge is -2.34. The average molecular weight is 408 g/mol. The number of benzene rings is 2. The number of carbonyl (C=O) groups is 1. The van der Waals surface area contributed by atoms with Gasteiger partial charge < -0.3 is 4.90 Å². The summed E-state index contributed by atoms with van der Waals surface area (Å²) in [5.74, 6) is -0.918. The van der Waals surface area contributed by atoms with Crippen LogP contribution in [0.5, 0.6) is 0 Å².